The van der Waals surface area contributed by atoms with Crippen LogP contribution in [0.25, 0.3) is 0 Å². The molecule has 0 unspecified atom stereocenters. The Balaban J connectivity index is 0.00000180. The highest BCUT2D eigenvalue weighted by Gasteiger charge is 2.51. The quantitative estimate of drug-likeness (QED) is 0.537. The molecule has 0 bridgehead atoms. The summed E-state index contributed by atoms with van der Waals surface area (Å²) < 4.78 is 4.79. The van der Waals surface area contributed by atoms with E-state index in [0.717, 1.165) is 0 Å². The van der Waals surface area contributed by atoms with Gasteiger partial charge in [-0.25, -0.2) is 4.79 Å². The van der Waals surface area contributed by atoms with Gasteiger partial charge in [0.1, 0.15) is 23.7 Å². The van der Waals surface area contributed by atoms with Crippen molar-refractivity contribution < 1.29 is 24.2 Å². The number of esters is 1. The smallest absolute Gasteiger partial charge is 0.352 e. The van der Waals surface area contributed by atoms with Crippen molar-refractivity contribution in [2.75, 3.05) is 12.4 Å². The van der Waals surface area contributed by atoms with Gasteiger partial charge in [-0.2, -0.15) is 0 Å². The van der Waals surface area contributed by atoms with Crippen LogP contribution in [0.4, 0.5) is 0 Å². The van der Waals surface area contributed by atoms with Crippen molar-refractivity contribution in [3.05, 3.63) is 11.3 Å². The molecule has 1 fully saturated rings. The van der Waals surface area contributed by atoms with E-state index in [1.807, 2.05) is 0 Å². The van der Waals surface area contributed by atoms with E-state index < -0.39 is 23.9 Å². The Labute approximate surface area is 119 Å². The van der Waals surface area contributed by atoms with Crippen LogP contribution in [0.15, 0.2) is 11.3 Å². The number of ether oxygens (including phenoxy) is 1. The number of amides is 1. The first-order valence-electron chi connectivity index (χ1n) is 5.22. The Morgan fingerprint density at radius 3 is 2.74 bits per heavy atom. The monoisotopic (exact) mass is 308 g/mol. The van der Waals surface area contributed by atoms with Crippen LogP contribution in [0.1, 0.15) is 6.92 Å². The van der Waals surface area contributed by atoms with E-state index in [2.05, 4.69) is 0 Å². The fourth-order valence-corrected chi connectivity index (χ4v) is 3.15. The SMILES string of the molecule is CC(=O)OCC1=C(C(=O)O)N2C(=O)[C@@H](N)[C@H]2SC1.Cl. The van der Waals surface area contributed by atoms with Gasteiger partial charge in [0, 0.05) is 18.2 Å². The van der Waals surface area contributed by atoms with Crippen LogP contribution in [-0.4, -0.2) is 51.6 Å². The van der Waals surface area contributed by atoms with E-state index in [1.54, 1.807) is 0 Å². The highest BCUT2D eigenvalue weighted by Crippen LogP contribution is 2.39. The zero-order valence-electron chi connectivity index (χ0n) is 9.99. The lowest BCUT2D eigenvalue weighted by molar-refractivity contribution is -0.148. The number of carboxylic acid groups (broad SMARTS) is 1. The van der Waals surface area contributed by atoms with Crippen molar-refractivity contribution in [3.63, 3.8) is 0 Å². The van der Waals surface area contributed by atoms with Crippen LogP contribution in [-0.2, 0) is 19.1 Å². The molecule has 0 radical (unpaired) electrons. The molecule has 3 N–H and O–H groups in total. The van der Waals surface area contributed by atoms with Crippen molar-refractivity contribution in [1.82, 2.24) is 4.90 Å². The minimum Gasteiger partial charge on any atom is -0.477 e. The van der Waals surface area contributed by atoms with Crippen molar-refractivity contribution in [2.24, 2.45) is 5.73 Å². The number of β-lactam (4-membered cyclic amide) rings is 1. The molecule has 0 aromatic rings. The van der Waals surface area contributed by atoms with Gasteiger partial charge in [-0.1, -0.05) is 0 Å². The van der Waals surface area contributed by atoms with E-state index in [1.165, 1.54) is 23.6 Å². The van der Waals surface area contributed by atoms with Gasteiger partial charge in [-0.3, -0.25) is 14.5 Å². The number of hydrogen-bond acceptors (Lipinski definition) is 6. The topological polar surface area (TPSA) is 110 Å². The largest absolute Gasteiger partial charge is 0.477 e. The first-order chi connectivity index (χ1) is 8.43. The molecule has 0 aromatic heterocycles. The maximum atomic E-state index is 11.6. The summed E-state index contributed by atoms with van der Waals surface area (Å²) in [5.41, 5.74) is 5.90. The summed E-state index contributed by atoms with van der Waals surface area (Å²) in [4.78, 5) is 34.7. The second-order valence-corrected chi connectivity index (χ2v) is 5.08. The standard InChI is InChI=1S/C10H12N2O5S.ClH/c1-4(13)17-2-5-3-18-9-6(11)8(14)12(9)7(5)10(15)16;/h6,9H,2-3,11H2,1H3,(H,15,16);1H/t6-,9-;/m1./s1. The van der Waals surface area contributed by atoms with Crippen molar-refractivity contribution in [2.45, 2.75) is 18.3 Å². The number of nitrogens with zero attached hydrogens (tertiary/aromatic N) is 1. The van der Waals surface area contributed by atoms with E-state index in [4.69, 9.17) is 15.6 Å². The fraction of sp³-hybridized carbons (Fsp3) is 0.500. The summed E-state index contributed by atoms with van der Waals surface area (Å²) in [5, 5.41) is 8.83. The lowest BCUT2D eigenvalue weighted by Gasteiger charge is -2.47. The summed E-state index contributed by atoms with van der Waals surface area (Å²) in [7, 11) is 0. The Morgan fingerprint density at radius 2 is 2.21 bits per heavy atom. The Morgan fingerprint density at radius 1 is 1.58 bits per heavy atom. The van der Waals surface area contributed by atoms with Crippen LogP contribution >= 0.6 is 24.2 Å². The zero-order chi connectivity index (χ0) is 13.4. The highest BCUT2D eigenvalue weighted by atomic mass is 35.5. The molecule has 7 nitrogen and oxygen atoms in total. The number of carbonyl (C=O) groups excluding carboxylic acids is 2. The van der Waals surface area contributed by atoms with Crippen LogP contribution in [0, 0.1) is 0 Å². The van der Waals surface area contributed by atoms with E-state index in [-0.39, 0.29) is 30.1 Å². The summed E-state index contributed by atoms with van der Waals surface area (Å²) in [5.74, 6) is -1.73. The van der Waals surface area contributed by atoms with Crippen LogP contribution in [0.3, 0.4) is 0 Å². The van der Waals surface area contributed by atoms with E-state index in [9.17, 15) is 14.4 Å². The van der Waals surface area contributed by atoms with Crippen molar-refractivity contribution >= 4 is 42.0 Å². The number of fused-ring (bicyclic) bond motifs is 1. The second-order valence-electron chi connectivity index (χ2n) is 3.97. The highest BCUT2D eigenvalue weighted by molar-refractivity contribution is 8.00. The van der Waals surface area contributed by atoms with Crippen LogP contribution in [0.5, 0.6) is 0 Å². The molecule has 9 heteroatoms. The van der Waals surface area contributed by atoms with Gasteiger partial charge < -0.3 is 15.6 Å². The first kappa shape index (κ1) is 15.8. The molecule has 2 atom stereocenters. The van der Waals surface area contributed by atoms with Crippen molar-refractivity contribution in [3.8, 4) is 0 Å². The average molecular weight is 309 g/mol. The molecule has 2 rings (SSSR count). The minimum absolute atomic E-state index is 0. The molecule has 1 amide bonds. The number of halogens is 1. The second kappa shape index (κ2) is 5.81. The van der Waals surface area contributed by atoms with Crippen LogP contribution in [0.2, 0.25) is 0 Å². The van der Waals surface area contributed by atoms with Gasteiger partial charge >= 0.3 is 11.9 Å². The fourth-order valence-electron chi connectivity index (χ4n) is 1.88. The predicted molar refractivity (Wildman–Crippen MR) is 69.6 cm³/mol. The summed E-state index contributed by atoms with van der Waals surface area (Å²) in [6.07, 6.45) is 0. The molecular weight excluding hydrogens is 296 g/mol. The van der Waals surface area contributed by atoms with Gasteiger partial charge in [-0.15, -0.1) is 24.2 Å². The molecule has 2 aliphatic heterocycles. The van der Waals surface area contributed by atoms with Crippen LogP contribution < -0.4 is 5.73 Å². The summed E-state index contributed by atoms with van der Waals surface area (Å²) in [6, 6.07) is -0.653. The number of carbonyl (C=O) groups is 3. The third-order valence-corrected chi connectivity index (χ3v) is 4.10. The number of aliphatic carboxylic acids is 1. The van der Waals surface area contributed by atoms with Gasteiger partial charge in [-0.05, 0) is 0 Å². The number of thioether (sulfide) groups is 1. The Bertz CT molecular complexity index is 467. The lowest BCUT2D eigenvalue weighted by Crippen LogP contribution is -2.68. The predicted octanol–water partition coefficient (Wildman–Crippen LogP) is -0.448. The van der Waals surface area contributed by atoms with E-state index >= 15 is 0 Å². The van der Waals surface area contributed by atoms with Gasteiger partial charge in [0.2, 0.25) is 5.91 Å². The third kappa shape index (κ3) is 2.70. The van der Waals surface area contributed by atoms with Gasteiger partial charge in [0.05, 0.1) is 0 Å². The zero-order valence-corrected chi connectivity index (χ0v) is 11.6. The van der Waals surface area contributed by atoms with Gasteiger partial charge in [0.25, 0.3) is 0 Å². The normalized spacial score (nSPS) is 25.2. The number of rotatable bonds is 3. The number of carboxylic acids is 1. The molecule has 106 valence electrons. The molecule has 19 heavy (non-hydrogen) atoms. The Kier molecular flexibility index (Phi) is 4.83. The average Bonchev–Trinajstić information content (AvgIpc) is 2.33. The molecule has 0 spiro atoms. The number of nitrogens with two attached hydrogens (primary N) is 1. The maximum absolute atomic E-state index is 11.6. The molecule has 0 aromatic carbocycles. The lowest BCUT2D eigenvalue weighted by atomic mass is 10.0. The van der Waals surface area contributed by atoms with Gasteiger partial charge in [0.15, 0.2) is 0 Å². The number of hydrogen-bond donors (Lipinski definition) is 2. The molecular formula is C10H13ClN2O5S. The summed E-state index contributed by atoms with van der Waals surface area (Å²) in [6.45, 7) is 1.13. The molecule has 0 aliphatic carbocycles. The molecule has 1 saturated heterocycles. The molecule has 0 saturated carbocycles. The molecule has 2 heterocycles. The van der Waals surface area contributed by atoms with Crippen molar-refractivity contribution in [1.29, 1.82) is 0 Å². The Hall–Kier alpha value is -1.25. The first-order valence-corrected chi connectivity index (χ1v) is 6.27. The molecule has 2 aliphatic rings. The van der Waals surface area contributed by atoms with E-state index in [0.29, 0.717) is 11.3 Å². The maximum Gasteiger partial charge on any atom is 0.352 e. The minimum atomic E-state index is -1.21. The third-order valence-electron chi connectivity index (χ3n) is 2.74. The summed E-state index contributed by atoms with van der Waals surface area (Å²) >= 11 is 1.37.